The molecule has 0 radical (unpaired) electrons. The molecule has 0 aromatic carbocycles. The van der Waals surface area contributed by atoms with E-state index < -0.39 is 15.9 Å². The minimum absolute atomic E-state index is 0.0839. The molecule has 0 bridgehead atoms. The third-order valence-electron chi connectivity index (χ3n) is 3.33. The number of rotatable bonds is 8. The summed E-state index contributed by atoms with van der Waals surface area (Å²) in [6.45, 7) is 4.12. The Morgan fingerprint density at radius 1 is 1.36 bits per heavy atom. The first-order valence-electron chi connectivity index (χ1n) is 7.18. The molecule has 22 heavy (non-hydrogen) atoms. The van der Waals surface area contributed by atoms with E-state index in [-0.39, 0.29) is 18.3 Å². The third kappa shape index (κ3) is 4.42. The van der Waals surface area contributed by atoms with Crippen molar-refractivity contribution in [3.05, 3.63) is 41.2 Å². The van der Waals surface area contributed by atoms with Gasteiger partial charge >= 0.3 is 0 Å². The van der Waals surface area contributed by atoms with Gasteiger partial charge in [-0.05, 0) is 30.5 Å². The number of aliphatic hydroxyl groups excluding tert-OH is 1. The average molecular weight is 343 g/mol. The van der Waals surface area contributed by atoms with Gasteiger partial charge in [0, 0.05) is 13.0 Å². The average Bonchev–Trinajstić information content (AvgIpc) is 3.15. The van der Waals surface area contributed by atoms with Crippen molar-refractivity contribution in [3.8, 4) is 0 Å². The van der Waals surface area contributed by atoms with Crippen molar-refractivity contribution >= 4 is 21.2 Å². The van der Waals surface area contributed by atoms with Crippen molar-refractivity contribution in [3.63, 3.8) is 0 Å². The third-order valence-corrected chi connectivity index (χ3v) is 6.62. The number of aryl methyl sites for hydroxylation is 1. The van der Waals surface area contributed by atoms with Crippen LogP contribution in [0.1, 0.15) is 31.4 Å². The number of hydrogen-bond donors (Lipinski definition) is 2. The summed E-state index contributed by atoms with van der Waals surface area (Å²) in [5, 5.41) is 14.8. The fraction of sp³-hybridized carbons (Fsp3) is 0.467. The highest BCUT2D eigenvalue weighted by Gasteiger charge is 2.21. The van der Waals surface area contributed by atoms with Crippen LogP contribution in [0.4, 0.5) is 0 Å². The molecular weight excluding hydrogens is 322 g/mol. The van der Waals surface area contributed by atoms with Crippen LogP contribution in [-0.2, 0) is 16.3 Å². The summed E-state index contributed by atoms with van der Waals surface area (Å²) in [4.78, 5) is 0. The van der Waals surface area contributed by atoms with E-state index in [0.29, 0.717) is 4.21 Å². The zero-order valence-electron chi connectivity index (χ0n) is 12.7. The largest absolute Gasteiger partial charge is 0.464 e. The van der Waals surface area contributed by atoms with Crippen LogP contribution in [0.15, 0.2) is 38.3 Å². The monoisotopic (exact) mass is 343 g/mol. The van der Waals surface area contributed by atoms with E-state index in [1.54, 1.807) is 17.5 Å². The summed E-state index contributed by atoms with van der Waals surface area (Å²) in [5.74, 6) is 1.40. The van der Waals surface area contributed by atoms with E-state index in [1.807, 2.05) is 26.0 Å². The van der Waals surface area contributed by atoms with Crippen LogP contribution in [0.2, 0.25) is 0 Å². The molecule has 0 aliphatic rings. The standard InChI is InChI=1S/C15H21NO4S2/c1-3-13-6-7-14(20-13)11(2)16-9-12(17)10-22(18,19)15-5-4-8-21-15/h4-8,11-12,16-17H,3,9-10H2,1-2H3. The van der Waals surface area contributed by atoms with Crippen molar-refractivity contribution < 1.29 is 17.9 Å². The van der Waals surface area contributed by atoms with Crippen molar-refractivity contribution in [1.82, 2.24) is 5.32 Å². The van der Waals surface area contributed by atoms with Crippen LogP contribution < -0.4 is 5.32 Å². The maximum Gasteiger partial charge on any atom is 0.190 e. The lowest BCUT2D eigenvalue weighted by atomic mass is 10.2. The lowest BCUT2D eigenvalue weighted by Gasteiger charge is -2.15. The Bertz CT molecular complexity index is 676. The molecule has 0 amide bonds. The van der Waals surface area contributed by atoms with Gasteiger partial charge in [0.1, 0.15) is 15.7 Å². The van der Waals surface area contributed by atoms with Crippen molar-refractivity contribution in [2.45, 2.75) is 36.6 Å². The molecule has 0 saturated heterocycles. The van der Waals surface area contributed by atoms with Gasteiger partial charge in [-0.25, -0.2) is 8.42 Å². The highest BCUT2D eigenvalue weighted by molar-refractivity contribution is 7.93. The highest BCUT2D eigenvalue weighted by Crippen LogP contribution is 2.19. The van der Waals surface area contributed by atoms with Gasteiger partial charge in [-0.1, -0.05) is 13.0 Å². The molecule has 5 nitrogen and oxygen atoms in total. The molecule has 0 aliphatic carbocycles. The summed E-state index contributed by atoms with van der Waals surface area (Å²) in [7, 11) is -3.42. The Morgan fingerprint density at radius 3 is 2.73 bits per heavy atom. The zero-order chi connectivity index (χ0) is 16.2. The summed E-state index contributed by atoms with van der Waals surface area (Å²) < 4.78 is 30.0. The first kappa shape index (κ1) is 17.2. The molecule has 2 rings (SSSR count). The Labute approximate surface area is 134 Å². The number of furan rings is 1. The number of nitrogens with one attached hydrogen (secondary N) is 1. The van der Waals surface area contributed by atoms with Gasteiger partial charge < -0.3 is 14.8 Å². The summed E-state index contributed by atoms with van der Waals surface area (Å²) in [5.41, 5.74) is 0. The summed E-state index contributed by atoms with van der Waals surface area (Å²) in [6, 6.07) is 6.97. The topological polar surface area (TPSA) is 79.5 Å². The summed E-state index contributed by atoms with van der Waals surface area (Å²) >= 11 is 1.16. The van der Waals surface area contributed by atoms with Crippen LogP contribution in [0.25, 0.3) is 0 Å². The smallest absolute Gasteiger partial charge is 0.190 e. The Balaban J connectivity index is 1.86. The first-order chi connectivity index (χ1) is 10.4. The summed E-state index contributed by atoms with van der Waals surface area (Å²) in [6.07, 6.45) is -0.135. The maximum atomic E-state index is 12.1. The van der Waals surface area contributed by atoms with Gasteiger partial charge in [0.05, 0.1) is 17.9 Å². The molecule has 2 atom stereocenters. The van der Waals surface area contributed by atoms with Crippen LogP contribution in [-0.4, -0.2) is 31.9 Å². The predicted octanol–water partition coefficient (Wildman–Crippen LogP) is 2.39. The van der Waals surface area contributed by atoms with E-state index in [4.69, 9.17) is 4.42 Å². The highest BCUT2D eigenvalue weighted by atomic mass is 32.2. The van der Waals surface area contributed by atoms with Crippen LogP contribution in [0, 0.1) is 0 Å². The molecule has 2 heterocycles. The lowest BCUT2D eigenvalue weighted by molar-refractivity contribution is 0.187. The second-order valence-corrected chi connectivity index (χ2v) is 8.36. The van der Waals surface area contributed by atoms with Crippen molar-refractivity contribution in [1.29, 1.82) is 0 Å². The zero-order valence-corrected chi connectivity index (χ0v) is 14.3. The molecule has 2 aromatic rings. The fourth-order valence-electron chi connectivity index (χ4n) is 2.07. The van der Waals surface area contributed by atoms with E-state index in [2.05, 4.69) is 5.32 Å². The quantitative estimate of drug-likeness (QED) is 0.769. The molecule has 2 N–H and O–H groups in total. The van der Waals surface area contributed by atoms with Crippen LogP contribution in [0.5, 0.6) is 0 Å². The Morgan fingerprint density at radius 2 is 2.14 bits per heavy atom. The van der Waals surface area contributed by atoms with Gasteiger partial charge in [0.25, 0.3) is 0 Å². The van der Waals surface area contributed by atoms with E-state index >= 15 is 0 Å². The van der Waals surface area contributed by atoms with E-state index in [0.717, 1.165) is 29.3 Å². The molecule has 2 aromatic heterocycles. The minimum Gasteiger partial charge on any atom is -0.464 e. The van der Waals surface area contributed by atoms with Crippen molar-refractivity contribution in [2.24, 2.45) is 0 Å². The van der Waals surface area contributed by atoms with Gasteiger partial charge in [-0.2, -0.15) is 0 Å². The molecule has 122 valence electrons. The number of aliphatic hydroxyl groups is 1. The van der Waals surface area contributed by atoms with Crippen LogP contribution in [0.3, 0.4) is 0 Å². The molecule has 2 unspecified atom stereocenters. The molecule has 7 heteroatoms. The molecule has 0 saturated carbocycles. The molecular formula is C15H21NO4S2. The molecule has 0 fully saturated rings. The lowest BCUT2D eigenvalue weighted by Crippen LogP contribution is -2.33. The second-order valence-electron chi connectivity index (χ2n) is 5.15. The Hall–Kier alpha value is -1.15. The predicted molar refractivity (Wildman–Crippen MR) is 86.9 cm³/mol. The SMILES string of the molecule is CCc1ccc(C(C)NCC(O)CS(=O)(=O)c2cccs2)o1. The van der Waals surface area contributed by atoms with Gasteiger partial charge in [-0.15, -0.1) is 11.3 Å². The molecule has 0 spiro atoms. The van der Waals surface area contributed by atoms with Crippen LogP contribution >= 0.6 is 11.3 Å². The number of sulfone groups is 1. The van der Waals surface area contributed by atoms with E-state index in [9.17, 15) is 13.5 Å². The molecule has 0 aliphatic heterocycles. The number of thiophene rings is 1. The van der Waals surface area contributed by atoms with E-state index in [1.165, 1.54) is 0 Å². The second kappa shape index (κ2) is 7.41. The first-order valence-corrected chi connectivity index (χ1v) is 9.72. The number of hydrogen-bond acceptors (Lipinski definition) is 6. The maximum absolute atomic E-state index is 12.1. The van der Waals surface area contributed by atoms with Gasteiger partial charge in [0.2, 0.25) is 0 Å². The minimum atomic E-state index is -3.42. The fourth-order valence-corrected chi connectivity index (χ4v) is 4.55. The Kier molecular flexibility index (Phi) is 5.80. The van der Waals surface area contributed by atoms with Crippen molar-refractivity contribution in [2.75, 3.05) is 12.3 Å². The normalized spacial score (nSPS) is 14.9. The van der Waals surface area contributed by atoms with Gasteiger partial charge in [-0.3, -0.25) is 0 Å². The van der Waals surface area contributed by atoms with Gasteiger partial charge in [0.15, 0.2) is 9.84 Å².